The van der Waals surface area contributed by atoms with Gasteiger partial charge in [0, 0.05) is 25.4 Å². The SMILES string of the molecule is C=CCNC(=O)Cn1ccnc1CC. The fourth-order valence-electron chi connectivity index (χ4n) is 1.20. The first kappa shape index (κ1) is 10.5. The Kier molecular flexibility index (Phi) is 3.91. The third-order valence-corrected chi connectivity index (χ3v) is 1.88. The van der Waals surface area contributed by atoms with Crippen molar-refractivity contribution in [2.24, 2.45) is 0 Å². The Labute approximate surface area is 83.6 Å². The minimum Gasteiger partial charge on any atom is -0.351 e. The second-order valence-electron chi connectivity index (χ2n) is 2.92. The summed E-state index contributed by atoms with van der Waals surface area (Å²) in [6, 6.07) is 0. The fraction of sp³-hybridized carbons (Fsp3) is 0.400. The van der Waals surface area contributed by atoms with Crippen LogP contribution in [0, 0.1) is 0 Å². The number of aromatic nitrogens is 2. The number of nitrogens with one attached hydrogen (secondary N) is 1. The first-order valence-corrected chi connectivity index (χ1v) is 4.65. The molecular weight excluding hydrogens is 178 g/mol. The average molecular weight is 193 g/mol. The molecule has 1 heterocycles. The van der Waals surface area contributed by atoms with Gasteiger partial charge in [-0.1, -0.05) is 13.0 Å². The zero-order valence-electron chi connectivity index (χ0n) is 8.36. The van der Waals surface area contributed by atoms with Gasteiger partial charge in [-0.05, 0) is 0 Å². The monoisotopic (exact) mass is 193 g/mol. The summed E-state index contributed by atoms with van der Waals surface area (Å²) >= 11 is 0. The number of carbonyl (C=O) groups excluding carboxylic acids is 1. The van der Waals surface area contributed by atoms with E-state index in [2.05, 4.69) is 16.9 Å². The van der Waals surface area contributed by atoms with Crippen molar-refractivity contribution >= 4 is 5.91 Å². The van der Waals surface area contributed by atoms with Crippen LogP contribution in [0.25, 0.3) is 0 Å². The van der Waals surface area contributed by atoms with Crippen molar-refractivity contribution in [3.8, 4) is 0 Å². The number of nitrogens with zero attached hydrogens (tertiary/aromatic N) is 2. The second-order valence-corrected chi connectivity index (χ2v) is 2.92. The molecule has 0 atom stereocenters. The number of carbonyl (C=O) groups is 1. The van der Waals surface area contributed by atoms with Crippen molar-refractivity contribution in [1.29, 1.82) is 0 Å². The molecule has 0 spiro atoms. The predicted octanol–water partition coefficient (Wildman–Crippen LogP) is 0.748. The average Bonchev–Trinajstić information content (AvgIpc) is 2.62. The van der Waals surface area contributed by atoms with E-state index in [1.54, 1.807) is 12.3 Å². The maximum atomic E-state index is 11.3. The first-order chi connectivity index (χ1) is 6.77. The minimum atomic E-state index is -0.0161. The van der Waals surface area contributed by atoms with E-state index >= 15 is 0 Å². The zero-order chi connectivity index (χ0) is 10.4. The second kappa shape index (κ2) is 5.21. The number of hydrogen-bond donors (Lipinski definition) is 1. The molecule has 4 heteroatoms. The quantitative estimate of drug-likeness (QED) is 0.701. The lowest BCUT2D eigenvalue weighted by atomic mass is 10.4. The van der Waals surface area contributed by atoms with Crippen LogP contribution in [0.15, 0.2) is 25.0 Å². The lowest BCUT2D eigenvalue weighted by Gasteiger charge is -2.05. The Morgan fingerprint density at radius 2 is 2.57 bits per heavy atom. The highest BCUT2D eigenvalue weighted by atomic mass is 16.1. The fourth-order valence-corrected chi connectivity index (χ4v) is 1.20. The van der Waals surface area contributed by atoms with E-state index in [0.717, 1.165) is 12.2 Å². The van der Waals surface area contributed by atoms with Crippen molar-refractivity contribution in [2.45, 2.75) is 19.9 Å². The van der Waals surface area contributed by atoms with Gasteiger partial charge in [0.15, 0.2) is 0 Å². The largest absolute Gasteiger partial charge is 0.351 e. The molecule has 1 rings (SSSR count). The highest BCUT2D eigenvalue weighted by Gasteiger charge is 2.04. The van der Waals surface area contributed by atoms with Crippen LogP contribution in [-0.2, 0) is 17.8 Å². The molecule has 1 aromatic rings. The topological polar surface area (TPSA) is 46.9 Å². The number of rotatable bonds is 5. The molecule has 0 aromatic carbocycles. The number of imidazole rings is 1. The molecule has 0 unspecified atom stereocenters. The van der Waals surface area contributed by atoms with Crippen molar-refractivity contribution in [1.82, 2.24) is 14.9 Å². The van der Waals surface area contributed by atoms with Gasteiger partial charge in [0.2, 0.25) is 5.91 Å². The standard InChI is InChI=1S/C10H15N3O/c1-3-5-12-10(14)8-13-7-6-11-9(13)4-2/h3,6-7H,1,4-5,8H2,2H3,(H,12,14). The molecule has 0 aliphatic rings. The van der Waals surface area contributed by atoms with Crippen LogP contribution in [0.4, 0.5) is 0 Å². The van der Waals surface area contributed by atoms with Gasteiger partial charge >= 0.3 is 0 Å². The Balaban J connectivity index is 2.51. The van der Waals surface area contributed by atoms with Gasteiger partial charge in [-0.3, -0.25) is 4.79 Å². The summed E-state index contributed by atoms with van der Waals surface area (Å²) < 4.78 is 1.85. The summed E-state index contributed by atoms with van der Waals surface area (Å²) in [4.78, 5) is 15.5. The smallest absolute Gasteiger partial charge is 0.240 e. The lowest BCUT2D eigenvalue weighted by Crippen LogP contribution is -2.27. The highest BCUT2D eigenvalue weighted by molar-refractivity contribution is 5.75. The van der Waals surface area contributed by atoms with Gasteiger partial charge in [-0.2, -0.15) is 0 Å². The maximum Gasteiger partial charge on any atom is 0.240 e. The normalized spacial score (nSPS) is 9.79. The zero-order valence-corrected chi connectivity index (χ0v) is 8.36. The van der Waals surface area contributed by atoms with Gasteiger partial charge in [-0.15, -0.1) is 6.58 Å². The molecule has 0 saturated carbocycles. The summed E-state index contributed by atoms with van der Waals surface area (Å²) in [7, 11) is 0. The molecule has 14 heavy (non-hydrogen) atoms. The molecule has 0 fully saturated rings. The van der Waals surface area contributed by atoms with Crippen LogP contribution in [0.3, 0.4) is 0 Å². The Bertz CT molecular complexity index is 317. The summed E-state index contributed by atoms with van der Waals surface area (Å²) in [6.07, 6.45) is 6.01. The van der Waals surface area contributed by atoms with Crippen molar-refractivity contribution in [2.75, 3.05) is 6.54 Å². The predicted molar refractivity (Wildman–Crippen MR) is 54.8 cm³/mol. The third kappa shape index (κ3) is 2.73. The van der Waals surface area contributed by atoms with Gasteiger partial charge < -0.3 is 9.88 Å². The minimum absolute atomic E-state index is 0.0161. The van der Waals surface area contributed by atoms with E-state index in [9.17, 15) is 4.79 Å². The Morgan fingerprint density at radius 1 is 1.79 bits per heavy atom. The van der Waals surface area contributed by atoms with E-state index in [1.165, 1.54) is 0 Å². The molecular formula is C10H15N3O. The Morgan fingerprint density at radius 3 is 3.21 bits per heavy atom. The van der Waals surface area contributed by atoms with E-state index in [1.807, 2.05) is 17.7 Å². The van der Waals surface area contributed by atoms with E-state index in [4.69, 9.17) is 0 Å². The molecule has 76 valence electrons. The molecule has 1 amide bonds. The van der Waals surface area contributed by atoms with Crippen LogP contribution >= 0.6 is 0 Å². The molecule has 0 aliphatic heterocycles. The summed E-state index contributed by atoms with van der Waals surface area (Å²) in [5.74, 6) is 0.913. The van der Waals surface area contributed by atoms with Crippen LogP contribution in [-0.4, -0.2) is 22.0 Å². The van der Waals surface area contributed by atoms with E-state index < -0.39 is 0 Å². The molecule has 0 aliphatic carbocycles. The number of hydrogen-bond acceptors (Lipinski definition) is 2. The van der Waals surface area contributed by atoms with E-state index in [0.29, 0.717) is 13.1 Å². The van der Waals surface area contributed by atoms with E-state index in [-0.39, 0.29) is 5.91 Å². The molecule has 1 N–H and O–H groups in total. The summed E-state index contributed by atoms with van der Waals surface area (Å²) in [6.45, 7) is 6.38. The van der Waals surface area contributed by atoms with Crippen molar-refractivity contribution in [3.05, 3.63) is 30.9 Å². The van der Waals surface area contributed by atoms with Crippen molar-refractivity contribution < 1.29 is 4.79 Å². The van der Waals surface area contributed by atoms with Gasteiger partial charge in [-0.25, -0.2) is 4.98 Å². The number of amides is 1. The molecule has 4 nitrogen and oxygen atoms in total. The third-order valence-electron chi connectivity index (χ3n) is 1.88. The molecule has 0 saturated heterocycles. The highest BCUT2D eigenvalue weighted by Crippen LogP contribution is 1.97. The first-order valence-electron chi connectivity index (χ1n) is 4.65. The van der Waals surface area contributed by atoms with Crippen LogP contribution < -0.4 is 5.32 Å². The van der Waals surface area contributed by atoms with Gasteiger partial charge in [0.05, 0.1) is 0 Å². The van der Waals surface area contributed by atoms with Crippen LogP contribution in [0.1, 0.15) is 12.7 Å². The van der Waals surface area contributed by atoms with Gasteiger partial charge in [0.1, 0.15) is 12.4 Å². The Hall–Kier alpha value is -1.58. The number of aryl methyl sites for hydroxylation is 1. The molecule has 0 bridgehead atoms. The summed E-state index contributed by atoms with van der Waals surface area (Å²) in [5, 5.41) is 2.72. The van der Waals surface area contributed by atoms with Crippen molar-refractivity contribution in [3.63, 3.8) is 0 Å². The molecule has 0 radical (unpaired) electrons. The summed E-state index contributed by atoms with van der Waals surface area (Å²) in [5.41, 5.74) is 0. The van der Waals surface area contributed by atoms with Crippen LogP contribution in [0.2, 0.25) is 0 Å². The maximum absolute atomic E-state index is 11.3. The van der Waals surface area contributed by atoms with Crippen LogP contribution in [0.5, 0.6) is 0 Å². The van der Waals surface area contributed by atoms with Gasteiger partial charge in [0.25, 0.3) is 0 Å². The lowest BCUT2D eigenvalue weighted by molar-refractivity contribution is -0.121. The molecule has 1 aromatic heterocycles.